The fourth-order valence-corrected chi connectivity index (χ4v) is 4.81. The molecule has 2 aromatic rings. The molecule has 1 atom stereocenters. The highest BCUT2D eigenvalue weighted by atomic mass is 35.6. The summed E-state index contributed by atoms with van der Waals surface area (Å²) in [5.41, 5.74) is 2.01. The molecule has 0 aliphatic heterocycles. The Morgan fingerprint density at radius 1 is 1.00 bits per heavy atom. The van der Waals surface area contributed by atoms with E-state index in [0.717, 1.165) is 11.1 Å². The van der Waals surface area contributed by atoms with E-state index in [1.54, 1.807) is 30.3 Å². The number of nitrogens with one attached hydrogen (secondary N) is 1. The summed E-state index contributed by atoms with van der Waals surface area (Å²) in [6.07, 6.45) is 0. The molecule has 134 valence electrons. The summed E-state index contributed by atoms with van der Waals surface area (Å²) >= 11 is 17.6. The van der Waals surface area contributed by atoms with Crippen molar-refractivity contribution >= 4 is 50.5 Å². The van der Waals surface area contributed by atoms with Crippen molar-refractivity contribution in [1.82, 2.24) is 5.32 Å². The van der Waals surface area contributed by atoms with Gasteiger partial charge in [-0.3, -0.25) is 4.79 Å². The number of rotatable bonds is 4. The monoisotopic (exact) mass is 419 g/mol. The molecule has 25 heavy (non-hydrogen) atoms. The molecule has 0 aromatic heterocycles. The van der Waals surface area contributed by atoms with Gasteiger partial charge < -0.3 is 5.32 Å². The topological polar surface area (TPSA) is 63.2 Å². The quantitative estimate of drug-likeness (QED) is 0.754. The fraction of sp³-hybridized carbons (Fsp3) is 0.235. The van der Waals surface area contributed by atoms with Crippen LogP contribution in [0.5, 0.6) is 0 Å². The lowest BCUT2D eigenvalue weighted by Gasteiger charge is -2.25. The first-order valence-corrected chi connectivity index (χ1v) is 9.94. The normalized spacial score (nSPS) is 13.3. The molecule has 1 unspecified atom stereocenters. The van der Waals surface area contributed by atoms with E-state index in [9.17, 15) is 13.2 Å². The van der Waals surface area contributed by atoms with Crippen LogP contribution in [0.2, 0.25) is 0 Å². The van der Waals surface area contributed by atoms with Crippen LogP contribution in [-0.2, 0) is 9.84 Å². The van der Waals surface area contributed by atoms with Crippen LogP contribution in [0.25, 0.3) is 0 Å². The van der Waals surface area contributed by atoms with Gasteiger partial charge >= 0.3 is 0 Å². The van der Waals surface area contributed by atoms with Crippen LogP contribution in [-0.4, -0.2) is 23.5 Å². The van der Waals surface area contributed by atoms with Crippen LogP contribution >= 0.6 is 34.8 Å². The Morgan fingerprint density at radius 3 is 2.12 bits per heavy atom. The molecule has 4 nitrogen and oxygen atoms in total. The van der Waals surface area contributed by atoms with Gasteiger partial charge in [0.1, 0.15) is 0 Å². The standard InChI is InChI=1S/C17H16Cl3NO3S/c1-11-6-8-14(9-7-11)25(23,24)16(17(18,19)20)21-15(22)13-5-3-4-12(2)10-13/h3-10,16H,1-2H3,(H,21,22). The predicted molar refractivity (Wildman–Crippen MR) is 101 cm³/mol. The smallest absolute Gasteiger partial charge is 0.252 e. The van der Waals surface area contributed by atoms with Gasteiger partial charge in [0.15, 0.2) is 5.37 Å². The largest absolute Gasteiger partial charge is 0.332 e. The van der Waals surface area contributed by atoms with Crippen molar-refractivity contribution < 1.29 is 13.2 Å². The zero-order chi connectivity index (χ0) is 18.8. The van der Waals surface area contributed by atoms with Gasteiger partial charge in [-0.2, -0.15) is 0 Å². The first-order valence-electron chi connectivity index (χ1n) is 7.26. The summed E-state index contributed by atoms with van der Waals surface area (Å²) in [6, 6.07) is 12.7. The summed E-state index contributed by atoms with van der Waals surface area (Å²) in [6.45, 7) is 3.63. The number of hydrogen-bond acceptors (Lipinski definition) is 3. The van der Waals surface area contributed by atoms with Crippen LogP contribution in [0.3, 0.4) is 0 Å². The molecule has 0 bridgehead atoms. The van der Waals surface area contributed by atoms with E-state index in [2.05, 4.69) is 5.32 Å². The second-order valence-electron chi connectivity index (χ2n) is 5.62. The SMILES string of the molecule is Cc1ccc(S(=O)(=O)C(NC(=O)c2cccc(C)c2)C(Cl)(Cl)Cl)cc1. The Morgan fingerprint density at radius 2 is 1.60 bits per heavy atom. The second kappa shape index (κ2) is 7.54. The minimum Gasteiger partial charge on any atom is -0.332 e. The summed E-state index contributed by atoms with van der Waals surface area (Å²) < 4.78 is 23.5. The van der Waals surface area contributed by atoms with Gasteiger partial charge in [-0.25, -0.2) is 8.42 Å². The predicted octanol–water partition coefficient (Wildman–Crippen LogP) is 4.20. The van der Waals surface area contributed by atoms with Crippen molar-refractivity contribution in [3.05, 3.63) is 65.2 Å². The minimum atomic E-state index is -4.12. The molecular weight excluding hydrogens is 405 g/mol. The van der Waals surface area contributed by atoms with E-state index in [4.69, 9.17) is 34.8 Å². The van der Waals surface area contributed by atoms with Crippen molar-refractivity contribution in [3.8, 4) is 0 Å². The highest BCUT2D eigenvalue weighted by molar-refractivity contribution is 7.92. The summed E-state index contributed by atoms with van der Waals surface area (Å²) in [5, 5.41) is 0.596. The van der Waals surface area contributed by atoms with E-state index in [1.807, 2.05) is 19.9 Å². The van der Waals surface area contributed by atoms with Gasteiger partial charge in [0.25, 0.3) is 5.91 Å². The molecule has 0 saturated heterocycles. The van der Waals surface area contributed by atoms with Crippen LogP contribution in [0.1, 0.15) is 21.5 Å². The van der Waals surface area contributed by atoms with Gasteiger partial charge in [-0.15, -0.1) is 0 Å². The molecule has 0 saturated carbocycles. The Labute approximate surface area is 162 Å². The van der Waals surface area contributed by atoms with Gasteiger partial charge in [0.05, 0.1) is 4.90 Å². The van der Waals surface area contributed by atoms with Crippen LogP contribution in [0.15, 0.2) is 53.4 Å². The van der Waals surface area contributed by atoms with Crippen molar-refractivity contribution in [3.63, 3.8) is 0 Å². The van der Waals surface area contributed by atoms with E-state index < -0.39 is 24.9 Å². The average Bonchev–Trinajstić information content (AvgIpc) is 2.51. The number of benzene rings is 2. The molecular formula is C17H16Cl3NO3S. The first kappa shape index (κ1) is 20.0. The van der Waals surface area contributed by atoms with E-state index in [0.29, 0.717) is 0 Å². The lowest BCUT2D eigenvalue weighted by molar-refractivity contribution is 0.0948. The number of sulfone groups is 1. The van der Waals surface area contributed by atoms with Gasteiger partial charge in [-0.05, 0) is 38.1 Å². The number of hydrogen-bond donors (Lipinski definition) is 1. The van der Waals surface area contributed by atoms with Crippen molar-refractivity contribution in [2.75, 3.05) is 0 Å². The number of carbonyl (C=O) groups is 1. The second-order valence-corrected chi connectivity index (χ2v) is 10.0. The molecule has 1 amide bonds. The molecule has 8 heteroatoms. The van der Waals surface area contributed by atoms with Crippen molar-refractivity contribution in [2.45, 2.75) is 27.9 Å². The maximum atomic E-state index is 12.9. The van der Waals surface area contributed by atoms with E-state index in [-0.39, 0.29) is 10.5 Å². The van der Waals surface area contributed by atoms with Gasteiger partial charge in [0.2, 0.25) is 13.6 Å². The maximum Gasteiger partial charge on any atom is 0.252 e. The molecule has 0 aliphatic carbocycles. The maximum absolute atomic E-state index is 12.9. The molecule has 0 fully saturated rings. The minimum absolute atomic E-state index is 0.0426. The zero-order valence-electron chi connectivity index (χ0n) is 13.5. The molecule has 0 spiro atoms. The lowest BCUT2D eigenvalue weighted by Crippen LogP contribution is -2.49. The number of alkyl halides is 3. The first-order chi connectivity index (χ1) is 11.5. The Bertz CT molecular complexity index is 875. The average molecular weight is 421 g/mol. The number of aryl methyl sites for hydroxylation is 2. The van der Waals surface area contributed by atoms with Gasteiger partial charge in [-0.1, -0.05) is 70.2 Å². The molecule has 2 rings (SSSR count). The number of amides is 1. The lowest BCUT2D eigenvalue weighted by atomic mass is 10.1. The molecule has 0 heterocycles. The number of halogens is 3. The Kier molecular flexibility index (Phi) is 6.05. The zero-order valence-corrected chi connectivity index (χ0v) is 16.5. The number of carbonyl (C=O) groups excluding carboxylic acids is 1. The molecule has 1 N–H and O–H groups in total. The summed E-state index contributed by atoms with van der Waals surface area (Å²) in [4.78, 5) is 12.4. The highest BCUT2D eigenvalue weighted by Gasteiger charge is 2.44. The highest BCUT2D eigenvalue weighted by Crippen LogP contribution is 2.36. The third-order valence-corrected chi connectivity index (χ3v) is 6.56. The summed E-state index contributed by atoms with van der Waals surface area (Å²) in [7, 11) is -4.12. The molecule has 2 aromatic carbocycles. The third-order valence-electron chi connectivity index (χ3n) is 3.50. The van der Waals surface area contributed by atoms with Crippen LogP contribution < -0.4 is 5.32 Å². The summed E-state index contributed by atoms with van der Waals surface area (Å²) in [5.74, 6) is -0.643. The molecule has 0 radical (unpaired) electrons. The fourth-order valence-electron chi connectivity index (χ4n) is 2.19. The van der Waals surface area contributed by atoms with Crippen LogP contribution in [0, 0.1) is 13.8 Å². The van der Waals surface area contributed by atoms with Crippen LogP contribution in [0.4, 0.5) is 0 Å². The Balaban J connectivity index is 2.40. The van der Waals surface area contributed by atoms with E-state index in [1.165, 1.54) is 12.1 Å². The Hall–Kier alpha value is -1.27. The van der Waals surface area contributed by atoms with E-state index >= 15 is 0 Å². The van der Waals surface area contributed by atoms with Crippen molar-refractivity contribution in [2.24, 2.45) is 0 Å². The third kappa shape index (κ3) is 4.88. The van der Waals surface area contributed by atoms with Crippen molar-refractivity contribution in [1.29, 1.82) is 0 Å². The molecule has 0 aliphatic rings. The van der Waals surface area contributed by atoms with Gasteiger partial charge in [0, 0.05) is 5.56 Å².